The number of nitrogens with zero attached hydrogens (tertiary/aromatic N) is 2. The van der Waals surface area contributed by atoms with Crippen molar-refractivity contribution in [2.24, 2.45) is 0 Å². The van der Waals surface area contributed by atoms with Crippen LogP contribution in [0, 0.1) is 0 Å². The lowest BCUT2D eigenvalue weighted by Crippen LogP contribution is -2.23. The number of para-hydroxylation sites is 1. The van der Waals surface area contributed by atoms with Crippen molar-refractivity contribution in [1.82, 2.24) is 9.78 Å². The van der Waals surface area contributed by atoms with E-state index < -0.39 is 6.10 Å². The van der Waals surface area contributed by atoms with Crippen LogP contribution in [0.5, 0.6) is 0 Å². The Morgan fingerprint density at radius 1 is 1.28 bits per heavy atom. The van der Waals surface area contributed by atoms with Gasteiger partial charge in [-0.05, 0) is 17.7 Å². The van der Waals surface area contributed by atoms with E-state index in [1.807, 2.05) is 41.2 Å². The van der Waals surface area contributed by atoms with Gasteiger partial charge in [0, 0.05) is 24.6 Å². The number of anilines is 1. The van der Waals surface area contributed by atoms with Crippen molar-refractivity contribution < 1.29 is 10.2 Å². The highest BCUT2D eigenvalue weighted by Gasteiger charge is 2.05. The van der Waals surface area contributed by atoms with Crippen LogP contribution in [0.3, 0.4) is 0 Å². The molecule has 0 aliphatic heterocycles. The molecule has 96 valence electrons. The van der Waals surface area contributed by atoms with E-state index in [4.69, 9.17) is 5.11 Å². The second kappa shape index (κ2) is 6.18. The fourth-order valence-corrected chi connectivity index (χ4v) is 1.69. The number of aromatic nitrogens is 2. The molecule has 0 spiro atoms. The van der Waals surface area contributed by atoms with Gasteiger partial charge in [-0.2, -0.15) is 5.10 Å². The smallest absolute Gasteiger partial charge is 0.0942 e. The minimum absolute atomic E-state index is 0.242. The average Bonchev–Trinajstić information content (AvgIpc) is 2.90. The van der Waals surface area contributed by atoms with Gasteiger partial charge in [-0.1, -0.05) is 18.2 Å². The molecule has 0 amide bonds. The zero-order valence-corrected chi connectivity index (χ0v) is 10.0. The molecule has 0 saturated carbocycles. The van der Waals surface area contributed by atoms with Crippen LogP contribution in [0.15, 0.2) is 42.7 Å². The van der Waals surface area contributed by atoms with Gasteiger partial charge in [-0.25, -0.2) is 0 Å². The molecule has 1 atom stereocenters. The van der Waals surface area contributed by atoms with Crippen molar-refractivity contribution in [1.29, 1.82) is 0 Å². The second-order valence-corrected chi connectivity index (χ2v) is 4.08. The quantitative estimate of drug-likeness (QED) is 0.702. The van der Waals surface area contributed by atoms with Gasteiger partial charge in [0.2, 0.25) is 0 Å². The number of benzene rings is 1. The van der Waals surface area contributed by atoms with Gasteiger partial charge in [0.1, 0.15) is 0 Å². The molecule has 0 bridgehead atoms. The molecule has 2 rings (SSSR count). The fourth-order valence-electron chi connectivity index (χ4n) is 1.69. The summed E-state index contributed by atoms with van der Waals surface area (Å²) in [6.45, 7) is 0.756. The van der Waals surface area contributed by atoms with Crippen LogP contribution in [-0.4, -0.2) is 39.2 Å². The third-order valence-electron chi connectivity index (χ3n) is 2.65. The van der Waals surface area contributed by atoms with Crippen LogP contribution in [-0.2, 0) is 6.54 Å². The van der Waals surface area contributed by atoms with E-state index in [0.717, 1.165) is 11.3 Å². The van der Waals surface area contributed by atoms with Gasteiger partial charge in [-0.3, -0.25) is 4.68 Å². The standard InChI is InChI=1S/C13H17N3O2/c17-10-12(18)8-14-13-5-2-1-4-11(13)9-16-7-3-6-15-16/h1-7,12,14,17-18H,8-10H2. The second-order valence-electron chi connectivity index (χ2n) is 4.08. The molecular formula is C13H17N3O2. The molecular weight excluding hydrogens is 230 g/mol. The lowest BCUT2D eigenvalue weighted by atomic mass is 10.1. The molecule has 0 radical (unpaired) electrons. The van der Waals surface area contributed by atoms with Gasteiger partial charge >= 0.3 is 0 Å². The Balaban J connectivity index is 2.05. The first-order valence-corrected chi connectivity index (χ1v) is 5.87. The predicted molar refractivity (Wildman–Crippen MR) is 69.4 cm³/mol. The number of hydrogen-bond donors (Lipinski definition) is 3. The Kier molecular flexibility index (Phi) is 4.33. The van der Waals surface area contributed by atoms with Crippen LogP contribution in [0.2, 0.25) is 0 Å². The van der Waals surface area contributed by atoms with Crippen molar-refractivity contribution >= 4 is 5.69 Å². The number of aliphatic hydroxyl groups excluding tert-OH is 2. The lowest BCUT2D eigenvalue weighted by molar-refractivity contribution is 0.105. The summed E-state index contributed by atoms with van der Waals surface area (Å²) in [4.78, 5) is 0. The van der Waals surface area contributed by atoms with E-state index in [2.05, 4.69) is 10.4 Å². The fraction of sp³-hybridized carbons (Fsp3) is 0.308. The molecule has 0 aliphatic rings. The number of aliphatic hydroxyl groups is 2. The Morgan fingerprint density at radius 2 is 2.11 bits per heavy atom. The van der Waals surface area contributed by atoms with Gasteiger partial charge in [0.15, 0.2) is 0 Å². The molecule has 1 heterocycles. The topological polar surface area (TPSA) is 70.3 Å². The van der Waals surface area contributed by atoms with Crippen molar-refractivity contribution in [2.45, 2.75) is 12.6 Å². The van der Waals surface area contributed by atoms with E-state index >= 15 is 0 Å². The third-order valence-corrected chi connectivity index (χ3v) is 2.65. The summed E-state index contributed by atoms with van der Waals surface area (Å²) in [6.07, 6.45) is 2.90. The zero-order chi connectivity index (χ0) is 12.8. The highest BCUT2D eigenvalue weighted by molar-refractivity contribution is 5.51. The first-order chi connectivity index (χ1) is 8.79. The predicted octanol–water partition coefficient (Wildman–Crippen LogP) is 0.697. The summed E-state index contributed by atoms with van der Waals surface area (Å²) in [5.74, 6) is 0. The number of nitrogens with one attached hydrogen (secondary N) is 1. The van der Waals surface area contributed by atoms with E-state index in [9.17, 15) is 5.11 Å². The van der Waals surface area contributed by atoms with Gasteiger partial charge in [-0.15, -0.1) is 0 Å². The molecule has 2 aromatic rings. The SMILES string of the molecule is OCC(O)CNc1ccccc1Cn1cccn1. The maximum atomic E-state index is 9.34. The van der Waals surface area contributed by atoms with E-state index in [0.29, 0.717) is 13.1 Å². The van der Waals surface area contributed by atoms with Gasteiger partial charge in [0.25, 0.3) is 0 Å². The average molecular weight is 247 g/mol. The summed E-state index contributed by atoms with van der Waals surface area (Å²) in [5, 5.41) is 25.4. The van der Waals surface area contributed by atoms with Crippen LogP contribution in [0.1, 0.15) is 5.56 Å². The molecule has 1 unspecified atom stereocenters. The first-order valence-electron chi connectivity index (χ1n) is 5.87. The van der Waals surface area contributed by atoms with Crippen molar-refractivity contribution in [3.8, 4) is 0 Å². The lowest BCUT2D eigenvalue weighted by Gasteiger charge is -2.14. The molecule has 0 fully saturated rings. The summed E-state index contributed by atoms with van der Waals surface area (Å²) < 4.78 is 1.84. The summed E-state index contributed by atoms with van der Waals surface area (Å²) >= 11 is 0. The molecule has 0 aliphatic carbocycles. The highest BCUT2D eigenvalue weighted by atomic mass is 16.3. The Labute approximate surface area is 106 Å². The van der Waals surface area contributed by atoms with Crippen molar-refractivity contribution in [3.63, 3.8) is 0 Å². The molecule has 0 saturated heterocycles. The van der Waals surface area contributed by atoms with Crippen molar-refractivity contribution in [3.05, 3.63) is 48.3 Å². The van der Waals surface area contributed by atoms with Crippen molar-refractivity contribution in [2.75, 3.05) is 18.5 Å². The molecule has 1 aromatic carbocycles. The molecule has 18 heavy (non-hydrogen) atoms. The Hall–Kier alpha value is -1.85. The number of hydrogen-bond acceptors (Lipinski definition) is 4. The van der Waals surface area contributed by atoms with E-state index in [-0.39, 0.29) is 6.61 Å². The van der Waals surface area contributed by atoms with Gasteiger partial charge < -0.3 is 15.5 Å². The third kappa shape index (κ3) is 3.32. The molecule has 3 N–H and O–H groups in total. The maximum absolute atomic E-state index is 9.34. The summed E-state index contributed by atoms with van der Waals surface area (Å²) in [6, 6.07) is 9.73. The van der Waals surface area contributed by atoms with Crippen LogP contribution < -0.4 is 5.32 Å². The Morgan fingerprint density at radius 3 is 2.83 bits per heavy atom. The molecule has 5 nitrogen and oxygen atoms in total. The molecule has 1 aromatic heterocycles. The molecule has 5 heteroatoms. The van der Waals surface area contributed by atoms with Crippen LogP contribution in [0.25, 0.3) is 0 Å². The summed E-state index contributed by atoms with van der Waals surface area (Å²) in [5.41, 5.74) is 2.03. The number of rotatable bonds is 6. The maximum Gasteiger partial charge on any atom is 0.0942 e. The summed E-state index contributed by atoms with van der Waals surface area (Å²) in [7, 11) is 0. The normalized spacial score (nSPS) is 12.3. The van der Waals surface area contributed by atoms with Crippen LogP contribution >= 0.6 is 0 Å². The zero-order valence-electron chi connectivity index (χ0n) is 10.0. The highest BCUT2D eigenvalue weighted by Crippen LogP contribution is 2.16. The monoisotopic (exact) mass is 247 g/mol. The van der Waals surface area contributed by atoms with Crippen LogP contribution in [0.4, 0.5) is 5.69 Å². The first kappa shape index (κ1) is 12.6. The van der Waals surface area contributed by atoms with Gasteiger partial charge in [0.05, 0.1) is 19.3 Å². The largest absolute Gasteiger partial charge is 0.394 e. The van der Waals surface area contributed by atoms with E-state index in [1.54, 1.807) is 6.20 Å². The Bertz CT molecular complexity index is 471. The minimum atomic E-state index is -0.747. The minimum Gasteiger partial charge on any atom is -0.394 e. The van der Waals surface area contributed by atoms with E-state index in [1.165, 1.54) is 0 Å².